The van der Waals surface area contributed by atoms with E-state index in [1.807, 2.05) is 25.8 Å². The molecule has 8 heteroatoms. The number of piperidine rings is 1. The summed E-state index contributed by atoms with van der Waals surface area (Å²) in [5.74, 6) is 0.189. The van der Waals surface area contributed by atoms with Gasteiger partial charge in [-0.3, -0.25) is 4.79 Å². The van der Waals surface area contributed by atoms with Gasteiger partial charge >= 0.3 is 0 Å². The fourth-order valence-electron chi connectivity index (χ4n) is 2.72. The molecule has 0 spiro atoms. The Morgan fingerprint density at radius 3 is 2.48 bits per heavy atom. The maximum absolute atomic E-state index is 12.6. The molecule has 2 rings (SSSR count). The summed E-state index contributed by atoms with van der Waals surface area (Å²) in [4.78, 5) is 14.6. The smallest absolute Gasteiger partial charge is 0.253 e. The Kier molecular flexibility index (Phi) is 8.34. The molecule has 25 heavy (non-hydrogen) atoms. The normalized spacial score (nSPS) is 18.1. The molecule has 2 N–H and O–H groups in total. The monoisotopic (exact) mass is 389 g/mol. The summed E-state index contributed by atoms with van der Waals surface area (Å²) in [6, 6.07) is 6.50. The lowest BCUT2D eigenvalue weighted by molar-refractivity contribution is 0.0698. The second kappa shape index (κ2) is 9.52. The summed E-state index contributed by atoms with van der Waals surface area (Å²) in [7, 11) is -1.62. The van der Waals surface area contributed by atoms with E-state index in [2.05, 4.69) is 10.0 Å². The molecule has 1 aromatic rings. The fourth-order valence-corrected chi connectivity index (χ4v) is 3.93. The number of carbonyl (C=O) groups is 1. The van der Waals surface area contributed by atoms with Crippen molar-refractivity contribution < 1.29 is 13.2 Å². The van der Waals surface area contributed by atoms with Crippen molar-refractivity contribution in [2.24, 2.45) is 5.92 Å². The number of nitrogens with one attached hydrogen (secondary N) is 2. The largest absolute Gasteiger partial charge is 0.337 e. The highest BCUT2D eigenvalue weighted by Crippen LogP contribution is 2.16. The Morgan fingerprint density at radius 1 is 1.28 bits per heavy atom. The Hall–Kier alpha value is -1.15. The zero-order chi connectivity index (χ0) is 17.7. The van der Waals surface area contributed by atoms with Gasteiger partial charge in [0.2, 0.25) is 10.0 Å². The standard InChI is InChI=1S/C17H27N3O3S.ClH/c1-13(2)11-19-24(22,23)16-8-6-14(7-9-16)17(21)20-10-4-5-15(12-20)18-3;/h6-9,13,15,18-19H,4-5,10-12H2,1-3H3;1H. The average Bonchev–Trinajstić information content (AvgIpc) is 2.59. The van der Waals surface area contributed by atoms with E-state index in [0.29, 0.717) is 24.7 Å². The first-order chi connectivity index (χ1) is 11.3. The van der Waals surface area contributed by atoms with Crippen molar-refractivity contribution in [2.75, 3.05) is 26.7 Å². The van der Waals surface area contributed by atoms with Crippen LogP contribution in [0.1, 0.15) is 37.0 Å². The lowest BCUT2D eigenvalue weighted by Gasteiger charge is -2.32. The molecule has 0 aliphatic carbocycles. The predicted octanol–water partition coefficient (Wildman–Crippen LogP) is 1.87. The van der Waals surface area contributed by atoms with Gasteiger partial charge < -0.3 is 10.2 Å². The Balaban J connectivity index is 0.00000312. The molecular formula is C17H28ClN3O3S. The van der Waals surface area contributed by atoms with E-state index < -0.39 is 10.0 Å². The van der Waals surface area contributed by atoms with E-state index in [4.69, 9.17) is 0 Å². The first kappa shape index (κ1) is 21.9. The van der Waals surface area contributed by atoms with E-state index >= 15 is 0 Å². The highest BCUT2D eigenvalue weighted by atomic mass is 35.5. The van der Waals surface area contributed by atoms with Crippen molar-refractivity contribution >= 4 is 28.3 Å². The summed E-state index contributed by atoms with van der Waals surface area (Å²) >= 11 is 0. The van der Waals surface area contributed by atoms with E-state index in [1.54, 1.807) is 12.1 Å². The lowest BCUT2D eigenvalue weighted by atomic mass is 10.0. The zero-order valence-corrected chi connectivity index (χ0v) is 16.6. The van der Waals surface area contributed by atoms with Crippen molar-refractivity contribution in [1.82, 2.24) is 14.9 Å². The number of hydrogen-bond donors (Lipinski definition) is 2. The molecule has 1 amide bonds. The van der Waals surface area contributed by atoms with Gasteiger partial charge in [0, 0.05) is 31.2 Å². The van der Waals surface area contributed by atoms with Crippen LogP contribution in [0.2, 0.25) is 0 Å². The van der Waals surface area contributed by atoms with Crippen molar-refractivity contribution in [2.45, 2.75) is 37.6 Å². The zero-order valence-electron chi connectivity index (χ0n) is 15.0. The molecule has 1 aliphatic heterocycles. The quantitative estimate of drug-likeness (QED) is 0.778. The number of sulfonamides is 1. The number of hydrogen-bond acceptors (Lipinski definition) is 4. The number of amides is 1. The van der Waals surface area contributed by atoms with Gasteiger partial charge in [-0.15, -0.1) is 12.4 Å². The van der Waals surface area contributed by atoms with E-state index in [9.17, 15) is 13.2 Å². The maximum Gasteiger partial charge on any atom is 0.253 e. The van der Waals surface area contributed by atoms with Crippen molar-refractivity contribution in [3.8, 4) is 0 Å². The molecule has 1 unspecified atom stereocenters. The molecule has 142 valence electrons. The van der Waals surface area contributed by atoms with Crippen LogP contribution >= 0.6 is 12.4 Å². The summed E-state index contributed by atoms with van der Waals surface area (Å²) in [5.41, 5.74) is 0.523. The summed E-state index contributed by atoms with van der Waals surface area (Å²) in [6.07, 6.45) is 2.04. The molecule has 1 fully saturated rings. The molecule has 1 aliphatic rings. The van der Waals surface area contributed by atoms with Crippen LogP contribution in [0.15, 0.2) is 29.2 Å². The fraction of sp³-hybridized carbons (Fsp3) is 0.588. The number of halogens is 1. The molecule has 0 saturated carbocycles. The maximum atomic E-state index is 12.6. The molecule has 0 radical (unpaired) electrons. The van der Waals surface area contributed by atoms with E-state index in [0.717, 1.165) is 19.4 Å². The van der Waals surface area contributed by atoms with Crippen LogP contribution in [0.25, 0.3) is 0 Å². The minimum atomic E-state index is -3.52. The second-order valence-electron chi connectivity index (χ2n) is 6.65. The van der Waals surface area contributed by atoms with Crippen LogP contribution in [0.4, 0.5) is 0 Å². The van der Waals surface area contributed by atoms with Crippen LogP contribution in [-0.2, 0) is 10.0 Å². The molecule has 1 atom stereocenters. The Bertz CT molecular complexity index is 662. The third kappa shape index (κ3) is 5.95. The van der Waals surface area contributed by atoms with Crippen LogP contribution < -0.4 is 10.0 Å². The Labute approximate surface area is 156 Å². The van der Waals surface area contributed by atoms with Gasteiger partial charge in [0.05, 0.1) is 4.90 Å². The van der Waals surface area contributed by atoms with Gasteiger partial charge in [-0.05, 0) is 50.1 Å². The number of likely N-dealkylation sites (N-methyl/N-ethyl adjacent to an activating group) is 1. The van der Waals surface area contributed by atoms with Gasteiger partial charge in [0.1, 0.15) is 0 Å². The second-order valence-corrected chi connectivity index (χ2v) is 8.42. The number of benzene rings is 1. The first-order valence-electron chi connectivity index (χ1n) is 8.39. The number of likely N-dealkylation sites (tertiary alicyclic amines) is 1. The molecule has 6 nitrogen and oxygen atoms in total. The third-order valence-corrected chi connectivity index (χ3v) is 5.65. The molecule has 1 heterocycles. The van der Waals surface area contributed by atoms with Gasteiger partial charge in [0.15, 0.2) is 0 Å². The van der Waals surface area contributed by atoms with Crippen LogP contribution in [0, 0.1) is 5.92 Å². The summed E-state index contributed by atoms with van der Waals surface area (Å²) in [5, 5.41) is 3.21. The number of nitrogens with zero attached hydrogens (tertiary/aromatic N) is 1. The minimum Gasteiger partial charge on any atom is -0.337 e. The number of carbonyl (C=O) groups excluding carboxylic acids is 1. The van der Waals surface area contributed by atoms with Gasteiger partial charge in [0.25, 0.3) is 5.91 Å². The van der Waals surface area contributed by atoms with Gasteiger partial charge in [-0.1, -0.05) is 13.8 Å². The molecule has 0 aromatic heterocycles. The highest BCUT2D eigenvalue weighted by molar-refractivity contribution is 7.89. The van der Waals surface area contributed by atoms with Crippen LogP contribution in [0.5, 0.6) is 0 Å². The first-order valence-corrected chi connectivity index (χ1v) is 9.88. The third-order valence-electron chi connectivity index (χ3n) is 4.21. The van der Waals surface area contributed by atoms with Gasteiger partial charge in [-0.2, -0.15) is 0 Å². The van der Waals surface area contributed by atoms with Crippen molar-refractivity contribution in [3.05, 3.63) is 29.8 Å². The average molecular weight is 390 g/mol. The lowest BCUT2D eigenvalue weighted by Crippen LogP contribution is -2.46. The van der Waals surface area contributed by atoms with Crippen LogP contribution in [0.3, 0.4) is 0 Å². The number of rotatable bonds is 6. The van der Waals surface area contributed by atoms with Crippen molar-refractivity contribution in [3.63, 3.8) is 0 Å². The Morgan fingerprint density at radius 2 is 1.92 bits per heavy atom. The molecule has 0 bridgehead atoms. The predicted molar refractivity (Wildman–Crippen MR) is 102 cm³/mol. The summed E-state index contributed by atoms with van der Waals surface area (Å²) in [6.45, 7) is 5.71. The SMILES string of the molecule is CNC1CCCN(C(=O)c2ccc(S(=O)(=O)NCC(C)C)cc2)C1.Cl. The highest BCUT2D eigenvalue weighted by Gasteiger charge is 2.24. The molecule has 1 saturated heterocycles. The topological polar surface area (TPSA) is 78.5 Å². The molecular weight excluding hydrogens is 362 g/mol. The van der Waals surface area contributed by atoms with E-state index in [1.165, 1.54) is 12.1 Å². The van der Waals surface area contributed by atoms with E-state index in [-0.39, 0.29) is 29.1 Å². The van der Waals surface area contributed by atoms with Crippen molar-refractivity contribution in [1.29, 1.82) is 0 Å². The molecule has 1 aromatic carbocycles. The van der Waals surface area contributed by atoms with Crippen LogP contribution in [-0.4, -0.2) is 51.9 Å². The summed E-state index contributed by atoms with van der Waals surface area (Å²) < 4.78 is 26.9. The minimum absolute atomic E-state index is 0. The van der Waals surface area contributed by atoms with Gasteiger partial charge in [-0.25, -0.2) is 13.1 Å².